The quantitative estimate of drug-likeness (QED) is 0.562. The molecule has 0 atom stereocenters. The Morgan fingerprint density at radius 2 is 1.96 bits per heavy atom. The Bertz CT molecular complexity index is 914. The Morgan fingerprint density at radius 1 is 1.22 bits per heavy atom. The zero-order valence-corrected chi connectivity index (χ0v) is 16.4. The van der Waals surface area contributed by atoms with Gasteiger partial charge < -0.3 is 14.8 Å². The molecule has 6 heteroatoms. The molecule has 0 heterocycles. The molecule has 27 heavy (non-hydrogen) atoms. The SMILES string of the molecule is COc1cc(/C=C(\C#N)C(=O)Nc2cc(Cl)ccc2C)ccc1OC(C)C. The first-order valence-electron chi connectivity index (χ1n) is 8.38. The third-order valence-electron chi connectivity index (χ3n) is 3.67. The molecular formula is C21H21ClN2O3. The van der Waals surface area contributed by atoms with E-state index in [0.717, 1.165) is 5.56 Å². The van der Waals surface area contributed by atoms with Crippen LogP contribution in [0.4, 0.5) is 5.69 Å². The van der Waals surface area contributed by atoms with E-state index in [9.17, 15) is 10.1 Å². The van der Waals surface area contributed by atoms with E-state index in [1.807, 2.05) is 26.8 Å². The lowest BCUT2D eigenvalue weighted by molar-refractivity contribution is -0.112. The number of nitrogens with zero attached hydrogens (tertiary/aromatic N) is 1. The van der Waals surface area contributed by atoms with E-state index >= 15 is 0 Å². The fourth-order valence-corrected chi connectivity index (χ4v) is 2.53. The highest BCUT2D eigenvalue weighted by atomic mass is 35.5. The first-order valence-corrected chi connectivity index (χ1v) is 8.75. The second-order valence-corrected chi connectivity index (χ2v) is 6.60. The standard InChI is InChI=1S/C21H21ClN2O3/c1-13(2)27-19-8-6-15(10-20(19)26-4)9-16(12-23)21(25)24-18-11-17(22)7-5-14(18)3/h5-11,13H,1-4H3,(H,24,25)/b16-9+. The summed E-state index contributed by atoms with van der Waals surface area (Å²) in [5, 5.41) is 12.6. The second kappa shape index (κ2) is 9.11. The molecule has 0 aromatic heterocycles. The molecule has 0 saturated carbocycles. The third-order valence-corrected chi connectivity index (χ3v) is 3.91. The molecule has 0 spiro atoms. The number of hydrogen-bond donors (Lipinski definition) is 1. The highest BCUT2D eigenvalue weighted by molar-refractivity contribution is 6.31. The van der Waals surface area contributed by atoms with Gasteiger partial charge in [0.25, 0.3) is 5.91 Å². The maximum Gasteiger partial charge on any atom is 0.266 e. The van der Waals surface area contributed by atoms with E-state index in [1.54, 1.807) is 36.4 Å². The summed E-state index contributed by atoms with van der Waals surface area (Å²) in [6.45, 7) is 5.69. The summed E-state index contributed by atoms with van der Waals surface area (Å²) >= 11 is 5.97. The van der Waals surface area contributed by atoms with Crippen molar-refractivity contribution in [3.05, 3.63) is 58.1 Å². The van der Waals surface area contributed by atoms with Gasteiger partial charge in [-0.2, -0.15) is 5.26 Å². The number of aryl methyl sites for hydroxylation is 1. The predicted molar refractivity (Wildman–Crippen MR) is 107 cm³/mol. The number of halogens is 1. The van der Waals surface area contributed by atoms with Crippen molar-refractivity contribution < 1.29 is 14.3 Å². The van der Waals surface area contributed by atoms with Crippen LogP contribution in [0.3, 0.4) is 0 Å². The van der Waals surface area contributed by atoms with E-state index in [4.69, 9.17) is 21.1 Å². The number of ether oxygens (including phenoxy) is 2. The minimum absolute atomic E-state index is 0.00155. The normalized spacial score (nSPS) is 11.1. The number of methoxy groups -OCH3 is 1. The number of carbonyl (C=O) groups excluding carboxylic acids is 1. The van der Waals surface area contributed by atoms with Gasteiger partial charge in [0.15, 0.2) is 11.5 Å². The Hall–Kier alpha value is -2.97. The van der Waals surface area contributed by atoms with E-state index in [-0.39, 0.29) is 11.7 Å². The number of hydrogen-bond acceptors (Lipinski definition) is 4. The molecule has 0 aliphatic carbocycles. The molecule has 140 valence electrons. The van der Waals surface area contributed by atoms with Crippen LogP contribution in [0.15, 0.2) is 42.0 Å². The molecule has 0 saturated heterocycles. The van der Waals surface area contributed by atoms with Crippen LogP contribution in [0.2, 0.25) is 5.02 Å². The number of nitriles is 1. The number of rotatable bonds is 6. The van der Waals surface area contributed by atoms with Crippen molar-refractivity contribution in [1.29, 1.82) is 5.26 Å². The van der Waals surface area contributed by atoms with Crippen LogP contribution in [0.1, 0.15) is 25.0 Å². The smallest absolute Gasteiger partial charge is 0.266 e. The van der Waals surface area contributed by atoms with Gasteiger partial charge in [0.2, 0.25) is 0 Å². The molecule has 2 aromatic rings. The van der Waals surface area contributed by atoms with Gasteiger partial charge in [-0.15, -0.1) is 0 Å². The lowest BCUT2D eigenvalue weighted by Crippen LogP contribution is -2.14. The maximum absolute atomic E-state index is 12.5. The first kappa shape index (κ1) is 20.3. The average Bonchev–Trinajstić information content (AvgIpc) is 2.63. The summed E-state index contributed by atoms with van der Waals surface area (Å²) in [5.41, 5.74) is 2.03. The van der Waals surface area contributed by atoms with Gasteiger partial charge in [0.1, 0.15) is 11.6 Å². The van der Waals surface area contributed by atoms with Gasteiger partial charge in [0, 0.05) is 10.7 Å². The number of amides is 1. The Kier molecular flexibility index (Phi) is 6.86. The van der Waals surface area contributed by atoms with Crippen molar-refractivity contribution in [2.45, 2.75) is 26.9 Å². The lowest BCUT2D eigenvalue weighted by atomic mass is 10.1. The van der Waals surface area contributed by atoms with Crippen LogP contribution in [0.25, 0.3) is 6.08 Å². The van der Waals surface area contributed by atoms with E-state index in [0.29, 0.717) is 27.8 Å². The third kappa shape index (κ3) is 5.50. The minimum atomic E-state index is -0.510. The van der Waals surface area contributed by atoms with Crippen LogP contribution < -0.4 is 14.8 Å². The van der Waals surface area contributed by atoms with Gasteiger partial charge in [-0.3, -0.25) is 4.79 Å². The van der Waals surface area contributed by atoms with E-state index < -0.39 is 5.91 Å². The molecule has 0 fully saturated rings. The Labute approximate surface area is 164 Å². The van der Waals surface area contributed by atoms with Crippen molar-refractivity contribution in [1.82, 2.24) is 0 Å². The zero-order valence-electron chi connectivity index (χ0n) is 15.7. The fraction of sp³-hybridized carbons (Fsp3) is 0.238. The number of benzene rings is 2. The predicted octanol–water partition coefficient (Wildman–Crippen LogP) is 4.99. The van der Waals surface area contributed by atoms with Gasteiger partial charge in [-0.1, -0.05) is 23.7 Å². The fourth-order valence-electron chi connectivity index (χ4n) is 2.36. The summed E-state index contributed by atoms with van der Waals surface area (Å²) in [4.78, 5) is 12.5. The zero-order chi connectivity index (χ0) is 20.0. The Balaban J connectivity index is 2.28. The van der Waals surface area contributed by atoms with Gasteiger partial charge in [0.05, 0.1) is 13.2 Å². The maximum atomic E-state index is 12.5. The summed E-state index contributed by atoms with van der Waals surface area (Å²) in [7, 11) is 1.54. The first-order chi connectivity index (χ1) is 12.8. The largest absolute Gasteiger partial charge is 0.493 e. The van der Waals surface area contributed by atoms with Gasteiger partial charge in [-0.05, 0) is 62.2 Å². The van der Waals surface area contributed by atoms with E-state index in [2.05, 4.69) is 5.32 Å². The molecule has 1 N–H and O–H groups in total. The van der Waals surface area contributed by atoms with Gasteiger partial charge in [-0.25, -0.2) is 0 Å². The molecule has 2 rings (SSSR count). The van der Waals surface area contributed by atoms with Gasteiger partial charge >= 0.3 is 0 Å². The Morgan fingerprint density at radius 3 is 2.59 bits per heavy atom. The monoisotopic (exact) mass is 384 g/mol. The molecule has 0 radical (unpaired) electrons. The summed E-state index contributed by atoms with van der Waals surface area (Å²) in [5.74, 6) is 0.618. The van der Waals surface area contributed by atoms with Crippen molar-refractivity contribution in [2.24, 2.45) is 0 Å². The summed E-state index contributed by atoms with van der Waals surface area (Å²) < 4.78 is 11.0. The topological polar surface area (TPSA) is 71.3 Å². The van der Waals surface area contributed by atoms with Crippen LogP contribution in [-0.4, -0.2) is 19.1 Å². The van der Waals surface area contributed by atoms with Crippen molar-refractivity contribution in [3.63, 3.8) is 0 Å². The molecule has 5 nitrogen and oxygen atoms in total. The van der Waals surface area contributed by atoms with Crippen LogP contribution in [0.5, 0.6) is 11.5 Å². The number of nitrogens with one attached hydrogen (secondary N) is 1. The van der Waals surface area contributed by atoms with Crippen molar-refractivity contribution in [2.75, 3.05) is 12.4 Å². The second-order valence-electron chi connectivity index (χ2n) is 6.16. The van der Waals surface area contributed by atoms with Crippen LogP contribution in [0, 0.1) is 18.3 Å². The summed E-state index contributed by atoms with van der Waals surface area (Å²) in [6, 6.07) is 12.3. The summed E-state index contributed by atoms with van der Waals surface area (Å²) in [6.07, 6.45) is 1.50. The molecular weight excluding hydrogens is 364 g/mol. The van der Waals surface area contributed by atoms with Crippen molar-refractivity contribution in [3.8, 4) is 17.6 Å². The van der Waals surface area contributed by atoms with Crippen LogP contribution >= 0.6 is 11.6 Å². The van der Waals surface area contributed by atoms with Crippen LogP contribution in [-0.2, 0) is 4.79 Å². The highest BCUT2D eigenvalue weighted by Gasteiger charge is 2.13. The molecule has 2 aromatic carbocycles. The molecule has 0 aliphatic rings. The molecule has 0 aliphatic heterocycles. The molecule has 0 bridgehead atoms. The minimum Gasteiger partial charge on any atom is -0.493 e. The molecule has 0 unspecified atom stereocenters. The number of anilines is 1. The lowest BCUT2D eigenvalue weighted by Gasteiger charge is -2.14. The average molecular weight is 385 g/mol. The number of carbonyl (C=O) groups is 1. The van der Waals surface area contributed by atoms with E-state index in [1.165, 1.54) is 13.2 Å². The highest BCUT2D eigenvalue weighted by Crippen LogP contribution is 2.30. The molecule has 1 amide bonds. The van der Waals surface area contributed by atoms with Crippen molar-refractivity contribution >= 4 is 29.3 Å².